The zero-order chi connectivity index (χ0) is 11.5. The molecule has 2 nitrogen and oxygen atoms in total. The van der Waals surface area contributed by atoms with Gasteiger partial charge in [0, 0.05) is 27.1 Å². The first-order valence-corrected chi connectivity index (χ1v) is 9.36. The molecule has 15 heavy (non-hydrogen) atoms. The number of aryl methyl sites for hydroxylation is 1. The Labute approximate surface area is 98.2 Å². The molecule has 0 bridgehead atoms. The smallest absolute Gasteiger partial charge is 0.122 e. The summed E-state index contributed by atoms with van der Waals surface area (Å²) in [5.74, 6) is 0. The third-order valence-electron chi connectivity index (χ3n) is 2.25. The van der Waals surface area contributed by atoms with Gasteiger partial charge in [0.15, 0.2) is 0 Å². The van der Waals surface area contributed by atoms with Crippen molar-refractivity contribution < 1.29 is 4.74 Å². The summed E-state index contributed by atoms with van der Waals surface area (Å²) in [5.41, 5.74) is 1.10. The number of hydrogen-bond acceptors (Lipinski definition) is 1. The van der Waals surface area contributed by atoms with Crippen LogP contribution >= 0.6 is 11.6 Å². The molecule has 1 aromatic rings. The molecule has 0 aliphatic carbocycles. The molecule has 0 aliphatic heterocycles. The van der Waals surface area contributed by atoms with Crippen LogP contribution in [-0.2, 0) is 11.5 Å². The van der Waals surface area contributed by atoms with Crippen molar-refractivity contribution in [3.63, 3.8) is 0 Å². The van der Waals surface area contributed by atoms with Crippen LogP contribution in [0, 0.1) is 6.92 Å². The van der Waals surface area contributed by atoms with Gasteiger partial charge < -0.3 is 9.30 Å². The molecular formula is C11H20ClNOSi. The molecule has 0 amide bonds. The Morgan fingerprint density at radius 3 is 2.47 bits per heavy atom. The average Bonchev–Trinajstić information content (AvgIpc) is 2.39. The van der Waals surface area contributed by atoms with E-state index in [-0.39, 0.29) is 0 Å². The second-order valence-corrected chi connectivity index (χ2v) is 11.2. The molecule has 0 radical (unpaired) electrons. The third kappa shape index (κ3) is 4.86. The van der Waals surface area contributed by atoms with Gasteiger partial charge in [0.2, 0.25) is 0 Å². The predicted octanol–water partition coefficient (Wildman–Crippen LogP) is 3.76. The first-order chi connectivity index (χ1) is 6.88. The van der Waals surface area contributed by atoms with Crippen LogP contribution in [0.2, 0.25) is 30.7 Å². The lowest BCUT2D eigenvalue weighted by molar-refractivity contribution is 0.0874. The Morgan fingerprint density at radius 1 is 1.33 bits per heavy atom. The topological polar surface area (TPSA) is 14.2 Å². The summed E-state index contributed by atoms with van der Waals surface area (Å²) in [6.07, 6.45) is 3.92. The van der Waals surface area contributed by atoms with E-state index < -0.39 is 8.07 Å². The number of nitrogens with zero attached hydrogens (tertiary/aromatic N) is 1. The number of halogens is 1. The summed E-state index contributed by atoms with van der Waals surface area (Å²) in [7, 11) is -0.961. The van der Waals surface area contributed by atoms with Crippen molar-refractivity contribution in [1.82, 2.24) is 4.57 Å². The van der Waals surface area contributed by atoms with Crippen LogP contribution in [0.4, 0.5) is 0 Å². The molecule has 1 rings (SSSR count). The molecule has 0 fully saturated rings. The first kappa shape index (κ1) is 12.8. The molecule has 1 heterocycles. The van der Waals surface area contributed by atoms with Gasteiger partial charge in [-0.2, -0.15) is 0 Å². The van der Waals surface area contributed by atoms with Gasteiger partial charge >= 0.3 is 0 Å². The molecule has 0 saturated carbocycles. The van der Waals surface area contributed by atoms with Crippen LogP contribution in [0.3, 0.4) is 0 Å². The van der Waals surface area contributed by atoms with Crippen molar-refractivity contribution in [1.29, 1.82) is 0 Å². The lowest BCUT2D eigenvalue weighted by atomic mass is 10.4. The highest BCUT2D eigenvalue weighted by Gasteiger charge is 2.11. The molecule has 0 aliphatic rings. The van der Waals surface area contributed by atoms with Gasteiger partial charge in [0.1, 0.15) is 6.73 Å². The van der Waals surface area contributed by atoms with E-state index in [0.29, 0.717) is 6.73 Å². The number of aromatic nitrogens is 1. The van der Waals surface area contributed by atoms with Crippen molar-refractivity contribution >= 4 is 19.7 Å². The summed E-state index contributed by atoms with van der Waals surface area (Å²) in [5, 5.41) is 0.809. The Bertz CT molecular complexity index is 297. The third-order valence-corrected chi connectivity index (χ3v) is 4.35. The minimum Gasteiger partial charge on any atom is -0.361 e. The zero-order valence-electron chi connectivity index (χ0n) is 10.0. The first-order valence-electron chi connectivity index (χ1n) is 5.28. The summed E-state index contributed by atoms with van der Waals surface area (Å²) in [6.45, 7) is 10.5. The Kier molecular flexibility index (Phi) is 4.43. The quantitative estimate of drug-likeness (QED) is 0.569. The molecule has 0 atom stereocenters. The minimum absolute atomic E-state index is 0.609. The van der Waals surface area contributed by atoms with Crippen LogP contribution in [0.1, 0.15) is 5.56 Å². The minimum atomic E-state index is -0.961. The van der Waals surface area contributed by atoms with E-state index >= 15 is 0 Å². The standard InChI is InChI=1S/C11H20ClNOSi/c1-10-7-13(8-11(10)12)9-14-5-6-15(2,3)4/h7-8H,5-6,9H2,1-4H3. The molecule has 1 aromatic heterocycles. The highest BCUT2D eigenvalue weighted by atomic mass is 35.5. The number of hydrogen-bond donors (Lipinski definition) is 0. The second kappa shape index (κ2) is 5.19. The lowest BCUT2D eigenvalue weighted by Gasteiger charge is -2.15. The van der Waals surface area contributed by atoms with E-state index in [4.69, 9.17) is 16.3 Å². The van der Waals surface area contributed by atoms with E-state index in [0.717, 1.165) is 17.2 Å². The fourth-order valence-corrected chi connectivity index (χ4v) is 2.15. The van der Waals surface area contributed by atoms with Gasteiger partial charge in [-0.25, -0.2) is 0 Å². The second-order valence-electron chi connectivity index (χ2n) is 5.15. The Balaban J connectivity index is 2.26. The van der Waals surface area contributed by atoms with E-state index in [9.17, 15) is 0 Å². The van der Waals surface area contributed by atoms with Crippen molar-refractivity contribution in [2.24, 2.45) is 0 Å². The summed E-state index contributed by atoms with van der Waals surface area (Å²) >= 11 is 5.95. The van der Waals surface area contributed by atoms with Crippen LogP contribution < -0.4 is 0 Å². The average molecular weight is 246 g/mol. The van der Waals surface area contributed by atoms with E-state index in [1.165, 1.54) is 6.04 Å². The molecule has 0 unspecified atom stereocenters. The van der Waals surface area contributed by atoms with Crippen molar-refractivity contribution in [2.45, 2.75) is 39.3 Å². The molecule has 4 heteroatoms. The van der Waals surface area contributed by atoms with Gasteiger partial charge in [-0.15, -0.1) is 0 Å². The molecule has 0 N–H and O–H groups in total. The Hall–Kier alpha value is -0.253. The van der Waals surface area contributed by atoms with Gasteiger partial charge in [-0.1, -0.05) is 31.2 Å². The maximum absolute atomic E-state index is 5.95. The number of rotatable bonds is 5. The SMILES string of the molecule is Cc1cn(COCC[Si](C)(C)C)cc1Cl. The summed E-state index contributed by atoms with van der Waals surface area (Å²) in [6, 6.07) is 1.21. The fourth-order valence-electron chi connectivity index (χ4n) is 1.22. The Morgan fingerprint density at radius 2 is 2.00 bits per heavy atom. The van der Waals surface area contributed by atoms with E-state index in [1.54, 1.807) is 0 Å². The van der Waals surface area contributed by atoms with Crippen LogP contribution in [0.15, 0.2) is 12.4 Å². The van der Waals surface area contributed by atoms with Crippen molar-refractivity contribution in [3.8, 4) is 0 Å². The lowest BCUT2D eigenvalue weighted by Crippen LogP contribution is -2.21. The molecule has 0 spiro atoms. The normalized spacial score (nSPS) is 12.1. The van der Waals surface area contributed by atoms with E-state index in [1.807, 2.05) is 23.9 Å². The fraction of sp³-hybridized carbons (Fsp3) is 0.636. The highest BCUT2D eigenvalue weighted by molar-refractivity contribution is 6.76. The predicted molar refractivity (Wildman–Crippen MR) is 68.3 cm³/mol. The monoisotopic (exact) mass is 245 g/mol. The van der Waals surface area contributed by atoms with Gasteiger partial charge in [-0.3, -0.25) is 0 Å². The largest absolute Gasteiger partial charge is 0.361 e. The molecule has 0 saturated heterocycles. The van der Waals surface area contributed by atoms with Crippen LogP contribution in [0.5, 0.6) is 0 Å². The maximum atomic E-state index is 5.95. The van der Waals surface area contributed by atoms with E-state index in [2.05, 4.69) is 19.6 Å². The summed E-state index contributed by atoms with van der Waals surface area (Å²) in [4.78, 5) is 0. The van der Waals surface area contributed by atoms with Crippen LogP contribution in [0.25, 0.3) is 0 Å². The molecule has 86 valence electrons. The summed E-state index contributed by atoms with van der Waals surface area (Å²) < 4.78 is 7.59. The molecular weight excluding hydrogens is 226 g/mol. The van der Waals surface area contributed by atoms with Gasteiger partial charge in [0.25, 0.3) is 0 Å². The van der Waals surface area contributed by atoms with Crippen LogP contribution in [-0.4, -0.2) is 19.2 Å². The van der Waals surface area contributed by atoms with Gasteiger partial charge in [0.05, 0.1) is 5.02 Å². The van der Waals surface area contributed by atoms with Crippen molar-refractivity contribution in [2.75, 3.05) is 6.61 Å². The van der Waals surface area contributed by atoms with Gasteiger partial charge in [-0.05, 0) is 18.5 Å². The molecule has 0 aromatic carbocycles. The van der Waals surface area contributed by atoms with Crippen molar-refractivity contribution in [3.05, 3.63) is 23.0 Å². The zero-order valence-corrected chi connectivity index (χ0v) is 11.8. The highest BCUT2D eigenvalue weighted by Crippen LogP contribution is 2.15. The maximum Gasteiger partial charge on any atom is 0.122 e. The number of ether oxygens (including phenoxy) is 1.